The van der Waals surface area contributed by atoms with Crippen LogP contribution in [0.15, 0.2) is 71.8 Å². The van der Waals surface area contributed by atoms with E-state index in [1.54, 1.807) is 6.21 Å². The van der Waals surface area contributed by atoms with Crippen LogP contribution in [0.1, 0.15) is 27.8 Å². The van der Waals surface area contributed by atoms with E-state index >= 15 is 0 Å². The van der Waals surface area contributed by atoms with Crippen LogP contribution in [0.3, 0.4) is 0 Å². The van der Waals surface area contributed by atoms with Gasteiger partial charge in [0.05, 0.1) is 12.6 Å². The van der Waals surface area contributed by atoms with Gasteiger partial charge in [0.25, 0.3) is 0 Å². The minimum Gasteiger partial charge on any atom is -0.489 e. The molecule has 3 rings (SSSR count). The van der Waals surface area contributed by atoms with Crippen LogP contribution in [0.4, 0.5) is 0 Å². The van der Waals surface area contributed by atoms with Gasteiger partial charge in [0, 0.05) is 10.6 Å². The molecule has 0 fully saturated rings. The highest BCUT2D eigenvalue weighted by atomic mass is 35.5. The topological polar surface area (TPSA) is 50.7 Å². The molecule has 29 heavy (non-hydrogen) atoms. The number of halogens is 1. The van der Waals surface area contributed by atoms with Crippen molar-refractivity contribution < 1.29 is 9.53 Å². The maximum atomic E-state index is 12.2. The second kappa shape index (κ2) is 9.89. The SMILES string of the molecule is Cc1ccc(C)c(CC(=O)N/N=C\c2cccc(OCc3ccccc3Cl)c2)c1. The molecule has 0 atom stereocenters. The monoisotopic (exact) mass is 406 g/mol. The van der Waals surface area contributed by atoms with E-state index in [1.165, 1.54) is 0 Å². The van der Waals surface area contributed by atoms with Crippen LogP contribution in [0.5, 0.6) is 5.75 Å². The Labute approximate surface area is 176 Å². The first kappa shape index (κ1) is 20.6. The van der Waals surface area contributed by atoms with E-state index in [2.05, 4.69) is 10.5 Å². The second-order valence-electron chi connectivity index (χ2n) is 6.85. The summed E-state index contributed by atoms with van der Waals surface area (Å²) in [7, 11) is 0. The summed E-state index contributed by atoms with van der Waals surface area (Å²) < 4.78 is 5.81. The van der Waals surface area contributed by atoms with Gasteiger partial charge < -0.3 is 4.74 Å². The molecule has 1 N–H and O–H groups in total. The number of nitrogens with one attached hydrogen (secondary N) is 1. The Bertz CT molecular complexity index is 1030. The van der Waals surface area contributed by atoms with Gasteiger partial charge in [0.2, 0.25) is 5.91 Å². The van der Waals surface area contributed by atoms with Gasteiger partial charge >= 0.3 is 0 Å². The predicted octanol–water partition coefficient (Wildman–Crippen LogP) is 5.23. The number of hydrogen-bond acceptors (Lipinski definition) is 3. The summed E-state index contributed by atoms with van der Waals surface area (Å²) in [6.45, 7) is 4.39. The van der Waals surface area contributed by atoms with Crippen LogP contribution >= 0.6 is 11.6 Å². The highest BCUT2D eigenvalue weighted by molar-refractivity contribution is 6.31. The predicted molar refractivity (Wildman–Crippen MR) is 118 cm³/mol. The van der Waals surface area contributed by atoms with Gasteiger partial charge in [-0.25, -0.2) is 5.43 Å². The lowest BCUT2D eigenvalue weighted by molar-refractivity contribution is -0.120. The van der Waals surface area contributed by atoms with Crippen LogP contribution in [0.2, 0.25) is 5.02 Å². The third-order valence-corrected chi connectivity index (χ3v) is 4.84. The molecule has 0 unspecified atom stereocenters. The summed E-state index contributed by atoms with van der Waals surface area (Å²) in [4.78, 5) is 12.2. The summed E-state index contributed by atoms with van der Waals surface area (Å²) in [6.07, 6.45) is 1.90. The molecule has 0 aliphatic carbocycles. The van der Waals surface area contributed by atoms with Crippen molar-refractivity contribution in [3.8, 4) is 5.75 Å². The van der Waals surface area contributed by atoms with Crippen molar-refractivity contribution in [1.29, 1.82) is 0 Å². The summed E-state index contributed by atoms with van der Waals surface area (Å²) in [6, 6.07) is 21.2. The molecule has 0 aliphatic heterocycles. The van der Waals surface area contributed by atoms with Crippen molar-refractivity contribution in [2.24, 2.45) is 5.10 Å². The maximum Gasteiger partial charge on any atom is 0.244 e. The number of hydrazone groups is 1. The zero-order valence-electron chi connectivity index (χ0n) is 16.5. The highest BCUT2D eigenvalue weighted by Crippen LogP contribution is 2.19. The van der Waals surface area contributed by atoms with Gasteiger partial charge in [-0.05, 0) is 48.7 Å². The van der Waals surface area contributed by atoms with Crippen LogP contribution in [0, 0.1) is 13.8 Å². The molecule has 0 bridgehead atoms. The second-order valence-corrected chi connectivity index (χ2v) is 7.26. The molecule has 3 aromatic rings. The highest BCUT2D eigenvalue weighted by Gasteiger charge is 2.05. The minimum absolute atomic E-state index is 0.152. The van der Waals surface area contributed by atoms with Crippen LogP contribution < -0.4 is 10.2 Å². The van der Waals surface area contributed by atoms with Gasteiger partial charge in [-0.15, -0.1) is 0 Å². The Morgan fingerprint density at radius 2 is 1.86 bits per heavy atom. The smallest absolute Gasteiger partial charge is 0.244 e. The molecule has 3 aromatic carbocycles. The fourth-order valence-electron chi connectivity index (χ4n) is 2.84. The number of aryl methyl sites for hydroxylation is 2. The van der Waals surface area contributed by atoms with E-state index < -0.39 is 0 Å². The fraction of sp³-hybridized carbons (Fsp3) is 0.167. The standard InChI is InChI=1S/C24H23ClN2O2/c1-17-10-11-18(2)21(12-17)14-24(28)27-26-15-19-6-5-8-22(13-19)29-16-20-7-3-4-9-23(20)25/h3-13,15H,14,16H2,1-2H3,(H,27,28)/b26-15-. The maximum absolute atomic E-state index is 12.2. The number of amides is 1. The zero-order valence-corrected chi connectivity index (χ0v) is 17.2. The Hall–Kier alpha value is -3.11. The molecule has 0 radical (unpaired) electrons. The first-order valence-corrected chi connectivity index (χ1v) is 9.73. The molecule has 0 aliphatic rings. The molecule has 0 aromatic heterocycles. The normalized spacial score (nSPS) is 10.9. The molecule has 0 saturated heterocycles. The molecular weight excluding hydrogens is 384 g/mol. The quantitative estimate of drug-likeness (QED) is 0.431. The number of carbonyl (C=O) groups is 1. The minimum atomic E-state index is -0.152. The third-order valence-electron chi connectivity index (χ3n) is 4.47. The van der Waals surface area contributed by atoms with Gasteiger partial charge in [-0.2, -0.15) is 5.10 Å². The average Bonchev–Trinajstić information content (AvgIpc) is 2.70. The molecule has 0 heterocycles. The molecule has 4 nitrogen and oxygen atoms in total. The van der Waals surface area contributed by atoms with Crippen LogP contribution in [-0.2, 0) is 17.8 Å². The van der Waals surface area contributed by atoms with Gasteiger partial charge in [-0.1, -0.05) is 65.7 Å². The van der Waals surface area contributed by atoms with E-state index in [0.29, 0.717) is 23.8 Å². The molecule has 148 valence electrons. The van der Waals surface area contributed by atoms with Crippen molar-refractivity contribution in [3.63, 3.8) is 0 Å². The first-order chi connectivity index (χ1) is 14.0. The largest absolute Gasteiger partial charge is 0.489 e. The number of ether oxygens (including phenoxy) is 1. The third kappa shape index (κ3) is 6.19. The Morgan fingerprint density at radius 3 is 2.69 bits per heavy atom. The van der Waals surface area contributed by atoms with Crippen molar-refractivity contribution in [1.82, 2.24) is 5.43 Å². The number of rotatable bonds is 7. The first-order valence-electron chi connectivity index (χ1n) is 9.35. The molecular formula is C24H23ClN2O2. The molecule has 1 amide bonds. The molecule has 0 spiro atoms. The summed E-state index contributed by atoms with van der Waals surface area (Å²) in [5.41, 5.74) is 7.57. The molecule has 0 saturated carbocycles. The van der Waals surface area contributed by atoms with Gasteiger partial charge in [0.15, 0.2) is 0 Å². The van der Waals surface area contributed by atoms with E-state index in [0.717, 1.165) is 27.8 Å². The Balaban J connectivity index is 1.55. The van der Waals surface area contributed by atoms with E-state index in [1.807, 2.05) is 80.6 Å². The van der Waals surface area contributed by atoms with Gasteiger partial charge in [0.1, 0.15) is 12.4 Å². The fourth-order valence-corrected chi connectivity index (χ4v) is 3.03. The van der Waals surface area contributed by atoms with Crippen molar-refractivity contribution in [2.75, 3.05) is 0 Å². The Kier molecular flexibility index (Phi) is 7.04. The zero-order chi connectivity index (χ0) is 20.6. The Morgan fingerprint density at radius 1 is 1.03 bits per heavy atom. The number of benzene rings is 3. The van der Waals surface area contributed by atoms with E-state index in [9.17, 15) is 4.79 Å². The average molecular weight is 407 g/mol. The van der Waals surface area contributed by atoms with Crippen molar-refractivity contribution in [2.45, 2.75) is 26.9 Å². The van der Waals surface area contributed by atoms with Crippen molar-refractivity contribution >= 4 is 23.7 Å². The summed E-state index contributed by atoms with van der Waals surface area (Å²) in [5.74, 6) is 0.552. The lowest BCUT2D eigenvalue weighted by Gasteiger charge is -2.08. The van der Waals surface area contributed by atoms with Crippen LogP contribution in [0.25, 0.3) is 0 Å². The van der Waals surface area contributed by atoms with Crippen LogP contribution in [-0.4, -0.2) is 12.1 Å². The lowest BCUT2D eigenvalue weighted by atomic mass is 10.0. The number of carbonyl (C=O) groups excluding carboxylic acids is 1. The summed E-state index contributed by atoms with van der Waals surface area (Å²) in [5, 5.41) is 4.74. The summed E-state index contributed by atoms with van der Waals surface area (Å²) >= 11 is 6.15. The van der Waals surface area contributed by atoms with E-state index in [4.69, 9.17) is 16.3 Å². The van der Waals surface area contributed by atoms with Gasteiger partial charge in [-0.3, -0.25) is 4.79 Å². The number of hydrogen-bond donors (Lipinski definition) is 1. The lowest BCUT2D eigenvalue weighted by Crippen LogP contribution is -2.20. The number of nitrogens with zero attached hydrogens (tertiary/aromatic N) is 1. The molecule has 5 heteroatoms. The van der Waals surface area contributed by atoms with E-state index in [-0.39, 0.29) is 5.91 Å². The van der Waals surface area contributed by atoms with Crippen molar-refractivity contribution in [3.05, 3.63) is 99.6 Å².